The predicted octanol–water partition coefficient (Wildman–Crippen LogP) is 2.34. The minimum atomic E-state index is -0.796. The Labute approximate surface area is 101 Å². The van der Waals surface area contributed by atoms with Crippen molar-refractivity contribution in [2.24, 2.45) is 0 Å². The van der Waals surface area contributed by atoms with Gasteiger partial charge in [-0.1, -0.05) is 42.0 Å². The van der Waals surface area contributed by atoms with Crippen molar-refractivity contribution >= 4 is 12.0 Å². The molecule has 2 unspecified atom stereocenters. The minimum Gasteiger partial charge on any atom is -0.467 e. The highest BCUT2D eigenvalue weighted by Gasteiger charge is 2.58. The van der Waals surface area contributed by atoms with Crippen LogP contribution in [0.3, 0.4) is 0 Å². The summed E-state index contributed by atoms with van der Waals surface area (Å²) in [6.07, 6.45) is 3.66. The molecule has 3 nitrogen and oxygen atoms in total. The van der Waals surface area contributed by atoms with Gasteiger partial charge in [-0.2, -0.15) is 0 Å². The second kappa shape index (κ2) is 4.34. The second-order valence-corrected chi connectivity index (χ2v) is 4.41. The molecule has 0 aromatic heterocycles. The summed E-state index contributed by atoms with van der Waals surface area (Å²) in [6.45, 7) is 3.79. The summed E-state index contributed by atoms with van der Waals surface area (Å²) in [5.74, 6) is -0.323. The van der Waals surface area contributed by atoms with Crippen molar-refractivity contribution in [2.75, 3.05) is 7.11 Å². The van der Waals surface area contributed by atoms with Crippen molar-refractivity contribution < 1.29 is 14.3 Å². The third-order valence-corrected chi connectivity index (χ3v) is 2.99. The zero-order valence-electron chi connectivity index (χ0n) is 10.3. The monoisotopic (exact) mass is 232 g/mol. The topological polar surface area (TPSA) is 38.8 Å². The largest absolute Gasteiger partial charge is 0.467 e. The number of ether oxygens (including phenoxy) is 2. The van der Waals surface area contributed by atoms with Crippen molar-refractivity contribution in [3.8, 4) is 0 Å². The average molecular weight is 232 g/mol. The Kier molecular flexibility index (Phi) is 3.03. The highest BCUT2D eigenvalue weighted by molar-refractivity contribution is 5.83. The summed E-state index contributed by atoms with van der Waals surface area (Å²) >= 11 is 0. The van der Waals surface area contributed by atoms with Gasteiger partial charge in [0, 0.05) is 0 Å². The third kappa shape index (κ3) is 2.39. The van der Waals surface area contributed by atoms with Gasteiger partial charge in [-0.05, 0) is 19.4 Å². The molecule has 1 saturated heterocycles. The van der Waals surface area contributed by atoms with Gasteiger partial charge in [0.05, 0.1) is 7.11 Å². The molecule has 0 radical (unpaired) electrons. The van der Waals surface area contributed by atoms with Crippen molar-refractivity contribution in [1.29, 1.82) is 0 Å². The van der Waals surface area contributed by atoms with Crippen LogP contribution in [0, 0.1) is 6.92 Å². The Hall–Kier alpha value is -1.61. The fourth-order valence-corrected chi connectivity index (χ4v) is 1.70. The number of epoxide rings is 1. The van der Waals surface area contributed by atoms with E-state index in [4.69, 9.17) is 4.74 Å². The van der Waals surface area contributed by atoms with E-state index in [1.54, 1.807) is 6.92 Å². The lowest BCUT2D eigenvalue weighted by molar-refractivity contribution is -0.146. The number of methoxy groups -OCH3 is 1. The summed E-state index contributed by atoms with van der Waals surface area (Å²) in [6, 6.07) is 8.16. The second-order valence-electron chi connectivity index (χ2n) is 4.41. The van der Waals surface area contributed by atoms with E-state index in [9.17, 15) is 4.79 Å². The van der Waals surface area contributed by atoms with Gasteiger partial charge < -0.3 is 9.47 Å². The standard InChI is InChI=1S/C14H16O3/c1-10-4-6-11(7-5-10)8-9-12-14(2,17-12)13(15)16-3/h4-9,12H,1-3H3. The maximum atomic E-state index is 11.4. The van der Waals surface area contributed by atoms with Crippen LogP contribution in [0.1, 0.15) is 18.1 Å². The molecule has 0 spiro atoms. The van der Waals surface area contributed by atoms with Crippen LogP contribution in [0.15, 0.2) is 30.3 Å². The molecule has 0 bridgehead atoms. The fraction of sp³-hybridized carbons (Fsp3) is 0.357. The molecule has 0 amide bonds. The number of carbonyl (C=O) groups is 1. The molecule has 3 heteroatoms. The number of esters is 1. The Bertz CT molecular complexity index is 447. The number of carbonyl (C=O) groups excluding carboxylic acids is 1. The summed E-state index contributed by atoms with van der Waals surface area (Å²) in [7, 11) is 1.37. The van der Waals surface area contributed by atoms with E-state index >= 15 is 0 Å². The van der Waals surface area contributed by atoms with Crippen LogP contribution >= 0.6 is 0 Å². The number of benzene rings is 1. The smallest absolute Gasteiger partial charge is 0.340 e. The zero-order chi connectivity index (χ0) is 12.5. The Balaban J connectivity index is 2.00. The quantitative estimate of drug-likeness (QED) is 0.593. The van der Waals surface area contributed by atoms with E-state index in [2.05, 4.69) is 4.74 Å². The average Bonchev–Trinajstić information content (AvgIpc) is 3.00. The lowest BCUT2D eigenvalue weighted by Crippen LogP contribution is -2.24. The highest BCUT2D eigenvalue weighted by Crippen LogP contribution is 2.38. The van der Waals surface area contributed by atoms with Gasteiger partial charge in [0.2, 0.25) is 0 Å². The van der Waals surface area contributed by atoms with Gasteiger partial charge in [0.1, 0.15) is 6.10 Å². The molecule has 1 aliphatic heterocycles. The van der Waals surface area contributed by atoms with Crippen molar-refractivity contribution in [3.63, 3.8) is 0 Å². The first-order valence-corrected chi connectivity index (χ1v) is 5.57. The van der Waals surface area contributed by atoms with Gasteiger partial charge in [-0.25, -0.2) is 4.79 Å². The third-order valence-electron chi connectivity index (χ3n) is 2.99. The molecule has 1 heterocycles. The Morgan fingerprint density at radius 3 is 2.65 bits per heavy atom. The van der Waals surface area contributed by atoms with E-state index in [-0.39, 0.29) is 12.1 Å². The van der Waals surface area contributed by atoms with E-state index < -0.39 is 5.60 Å². The SMILES string of the molecule is COC(=O)C1(C)OC1C=Cc1ccc(C)cc1. The molecule has 2 rings (SSSR count). The van der Waals surface area contributed by atoms with E-state index in [1.807, 2.05) is 43.3 Å². The molecule has 1 fully saturated rings. The van der Waals surface area contributed by atoms with Crippen LogP contribution in [0.4, 0.5) is 0 Å². The highest BCUT2D eigenvalue weighted by atomic mass is 16.7. The normalized spacial score (nSPS) is 27.1. The van der Waals surface area contributed by atoms with Gasteiger partial charge in [-0.3, -0.25) is 0 Å². The molecule has 1 aromatic carbocycles. The van der Waals surface area contributed by atoms with Crippen molar-refractivity contribution in [2.45, 2.75) is 25.6 Å². The molecule has 17 heavy (non-hydrogen) atoms. The van der Waals surface area contributed by atoms with E-state index in [1.165, 1.54) is 12.7 Å². The zero-order valence-corrected chi connectivity index (χ0v) is 10.3. The minimum absolute atomic E-state index is 0.184. The molecular weight excluding hydrogens is 216 g/mol. The van der Waals surface area contributed by atoms with Crippen LogP contribution in [0.2, 0.25) is 0 Å². The first-order valence-electron chi connectivity index (χ1n) is 5.57. The van der Waals surface area contributed by atoms with Crippen LogP contribution in [-0.2, 0) is 14.3 Å². The van der Waals surface area contributed by atoms with Crippen LogP contribution in [-0.4, -0.2) is 24.8 Å². The fourth-order valence-electron chi connectivity index (χ4n) is 1.70. The molecule has 0 aliphatic carbocycles. The Morgan fingerprint density at radius 2 is 2.06 bits per heavy atom. The molecule has 0 N–H and O–H groups in total. The Morgan fingerprint density at radius 1 is 1.41 bits per heavy atom. The van der Waals surface area contributed by atoms with Crippen LogP contribution < -0.4 is 0 Å². The predicted molar refractivity (Wildman–Crippen MR) is 65.5 cm³/mol. The molecule has 0 saturated carbocycles. The first kappa shape index (κ1) is 11.9. The molecule has 2 atom stereocenters. The molecular formula is C14H16O3. The lowest BCUT2D eigenvalue weighted by atomic mass is 10.1. The van der Waals surface area contributed by atoms with Crippen molar-refractivity contribution in [1.82, 2.24) is 0 Å². The van der Waals surface area contributed by atoms with Crippen LogP contribution in [0.5, 0.6) is 0 Å². The van der Waals surface area contributed by atoms with Gasteiger partial charge in [-0.15, -0.1) is 0 Å². The summed E-state index contributed by atoms with van der Waals surface area (Å²) in [4.78, 5) is 11.4. The van der Waals surface area contributed by atoms with E-state index in [0.29, 0.717) is 0 Å². The van der Waals surface area contributed by atoms with Crippen molar-refractivity contribution in [3.05, 3.63) is 41.5 Å². The van der Waals surface area contributed by atoms with Gasteiger partial charge in [0.15, 0.2) is 5.60 Å². The molecule has 90 valence electrons. The molecule has 1 aromatic rings. The number of hydrogen-bond acceptors (Lipinski definition) is 3. The lowest BCUT2D eigenvalue weighted by Gasteiger charge is -2.00. The summed E-state index contributed by atoms with van der Waals surface area (Å²) < 4.78 is 10.0. The number of hydrogen-bond donors (Lipinski definition) is 0. The summed E-state index contributed by atoms with van der Waals surface area (Å²) in [5.41, 5.74) is 1.53. The maximum Gasteiger partial charge on any atom is 0.340 e. The van der Waals surface area contributed by atoms with Gasteiger partial charge in [0.25, 0.3) is 0 Å². The number of aryl methyl sites for hydroxylation is 1. The van der Waals surface area contributed by atoms with Crippen LogP contribution in [0.25, 0.3) is 6.08 Å². The van der Waals surface area contributed by atoms with E-state index in [0.717, 1.165) is 5.56 Å². The number of rotatable bonds is 3. The first-order chi connectivity index (χ1) is 8.06. The molecule has 1 aliphatic rings. The van der Waals surface area contributed by atoms with Gasteiger partial charge >= 0.3 is 5.97 Å². The maximum absolute atomic E-state index is 11.4. The summed E-state index contributed by atoms with van der Waals surface area (Å²) in [5, 5.41) is 0.